The molecule has 0 aliphatic heterocycles. The molecule has 2 N–H and O–H groups in total. The Labute approximate surface area is 197 Å². The Morgan fingerprint density at radius 1 is 0.700 bits per heavy atom. The fourth-order valence-corrected chi connectivity index (χ4v) is 7.10. The first-order valence-corrected chi connectivity index (χ1v) is 12.9. The number of aryl methyl sites for hydroxylation is 2. The number of phenols is 2. The van der Waals surface area contributed by atoms with E-state index in [2.05, 4.69) is 56.1 Å². The molecule has 0 aromatic heterocycles. The zero-order valence-corrected chi connectivity index (χ0v) is 21.2. The summed E-state index contributed by atoms with van der Waals surface area (Å²) in [5.41, 5.74) is 4.26. The van der Waals surface area contributed by atoms with Crippen molar-refractivity contribution < 1.29 is 10.2 Å². The molecule has 0 unspecified atom stereocenters. The zero-order chi connectivity index (χ0) is 21.5. The third-order valence-corrected chi connectivity index (χ3v) is 9.02. The fraction of sp³-hybridized carbons (Fsp3) is 0.538. The number of aromatic hydroxyl groups is 2. The Bertz CT molecular complexity index is 817. The molecule has 0 spiro atoms. The highest BCUT2D eigenvalue weighted by molar-refractivity contribution is 9.10. The molecular weight excluding hydrogens is 504 g/mol. The van der Waals surface area contributed by atoms with Crippen LogP contribution in [0.5, 0.6) is 11.5 Å². The molecular formula is C26H32Br2O2. The Morgan fingerprint density at radius 2 is 1.13 bits per heavy atom. The monoisotopic (exact) mass is 534 g/mol. The van der Waals surface area contributed by atoms with Crippen LogP contribution in [0.1, 0.15) is 80.0 Å². The molecule has 2 nitrogen and oxygen atoms in total. The van der Waals surface area contributed by atoms with Gasteiger partial charge in [0.15, 0.2) is 0 Å². The fourth-order valence-electron chi connectivity index (χ4n) is 5.98. The molecule has 0 heterocycles. The minimum Gasteiger partial charge on any atom is -0.506 e. The molecule has 0 saturated heterocycles. The van der Waals surface area contributed by atoms with Gasteiger partial charge in [-0.25, -0.2) is 0 Å². The number of hydrogen-bond donors (Lipinski definition) is 2. The second-order valence-electron chi connectivity index (χ2n) is 9.56. The second-order valence-corrected chi connectivity index (χ2v) is 11.3. The summed E-state index contributed by atoms with van der Waals surface area (Å²) in [5, 5.41) is 20.7. The molecule has 0 bridgehead atoms. The van der Waals surface area contributed by atoms with Gasteiger partial charge in [-0.15, -0.1) is 0 Å². The molecule has 4 heteroatoms. The maximum atomic E-state index is 10.3. The van der Waals surface area contributed by atoms with E-state index in [1.807, 2.05) is 13.8 Å². The maximum absolute atomic E-state index is 10.3. The highest BCUT2D eigenvalue weighted by Crippen LogP contribution is 2.52. The zero-order valence-electron chi connectivity index (χ0n) is 18.0. The molecule has 30 heavy (non-hydrogen) atoms. The van der Waals surface area contributed by atoms with Crippen LogP contribution in [0.4, 0.5) is 0 Å². The van der Waals surface area contributed by atoms with Crippen molar-refractivity contribution in [3.05, 3.63) is 55.5 Å². The maximum Gasteiger partial charge on any atom is 0.132 e. The summed E-state index contributed by atoms with van der Waals surface area (Å²) in [4.78, 5) is 0. The lowest BCUT2D eigenvalue weighted by Gasteiger charge is -2.44. The Hall–Kier alpha value is -1.00. The predicted octanol–water partition coefficient (Wildman–Crippen LogP) is 8.30. The van der Waals surface area contributed by atoms with Gasteiger partial charge in [-0.3, -0.25) is 0 Å². The summed E-state index contributed by atoms with van der Waals surface area (Å²) < 4.78 is 1.53. The largest absolute Gasteiger partial charge is 0.506 e. The van der Waals surface area contributed by atoms with Crippen molar-refractivity contribution in [2.75, 3.05) is 0 Å². The van der Waals surface area contributed by atoms with Gasteiger partial charge in [-0.2, -0.15) is 0 Å². The SMILES string of the molecule is Cc1cc(C2(c3cc(C)c(O)c(Br)c3)CCC(C3CCCCC3)CC2)cc(Br)c1O. The van der Waals surface area contributed by atoms with Crippen LogP contribution in [0.2, 0.25) is 0 Å². The van der Waals surface area contributed by atoms with Crippen LogP contribution < -0.4 is 0 Å². The van der Waals surface area contributed by atoms with Gasteiger partial charge >= 0.3 is 0 Å². The number of halogens is 2. The van der Waals surface area contributed by atoms with E-state index in [1.165, 1.54) is 56.1 Å². The minimum absolute atomic E-state index is 0.0902. The third-order valence-electron chi connectivity index (χ3n) is 7.81. The van der Waals surface area contributed by atoms with E-state index in [4.69, 9.17) is 0 Å². The van der Waals surface area contributed by atoms with E-state index in [0.717, 1.165) is 44.7 Å². The first kappa shape index (κ1) is 22.2. The first-order chi connectivity index (χ1) is 14.3. The highest BCUT2D eigenvalue weighted by Gasteiger charge is 2.41. The molecule has 2 saturated carbocycles. The molecule has 2 fully saturated rings. The van der Waals surface area contributed by atoms with Crippen molar-refractivity contribution in [1.29, 1.82) is 0 Å². The van der Waals surface area contributed by atoms with Gasteiger partial charge in [0, 0.05) is 5.41 Å². The molecule has 162 valence electrons. The summed E-state index contributed by atoms with van der Waals surface area (Å²) in [6.45, 7) is 3.95. The lowest BCUT2D eigenvalue weighted by molar-refractivity contribution is 0.163. The first-order valence-electron chi connectivity index (χ1n) is 11.3. The molecule has 0 amide bonds. The normalized spacial score (nSPS) is 20.4. The van der Waals surface area contributed by atoms with E-state index in [-0.39, 0.29) is 5.41 Å². The quantitative estimate of drug-likeness (QED) is 0.415. The highest BCUT2D eigenvalue weighted by atomic mass is 79.9. The van der Waals surface area contributed by atoms with Gasteiger partial charge in [0.2, 0.25) is 0 Å². The molecule has 0 radical (unpaired) electrons. The summed E-state index contributed by atoms with van der Waals surface area (Å²) in [5.74, 6) is 2.39. The van der Waals surface area contributed by atoms with Crippen molar-refractivity contribution >= 4 is 31.9 Å². The molecule has 2 aliphatic carbocycles. The van der Waals surface area contributed by atoms with Crippen molar-refractivity contribution in [3.63, 3.8) is 0 Å². The lowest BCUT2D eigenvalue weighted by atomic mass is 9.60. The van der Waals surface area contributed by atoms with Crippen LogP contribution in [0.15, 0.2) is 33.2 Å². The molecule has 2 aromatic carbocycles. The number of phenolic OH excluding ortho intramolecular Hbond substituents is 2. The summed E-state index contributed by atoms with van der Waals surface area (Å²) in [7, 11) is 0. The van der Waals surface area contributed by atoms with Crippen LogP contribution in [-0.2, 0) is 5.41 Å². The molecule has 2 aromatic rings. The van der Waals surface area contributed by atoms with Crippen molar-refractivity contribution in [1.82, 2.24) is 0 Å². The second kappa shape index (κ2) is 8.86. The van der Waals surface area contributed by atoms with Gasteiger partial charge in [0.05, 0.1) is 8.95 Å². The van der Waals surface area contributed by atoms with E-state index in [0.29, 0.717) is 11.5 Å². The molecule has 4 rings (SSSR count). The van der Waals surface area contributed by atoms with Crippen LogP contribution in [-0.4, -0.2) is 10.2 Å². The molecule has 0 atom stereocenters. The van der Waals surface area contributed by atoms with Crippen molar-refractivity contribution in [2.45, 2.75) is 77.0 Å². The van der Waals surface area contributed by atoms with Gasteiger partial charge in [0.1, 0.15) is 11.5 Å². The van der Waals surface area contributed by atoms with Gasteiger partial charge in [-0.05, 0) is 118 Å². The van der Waals surface area contributed by atoms with E-state index in [9.17, 15) is 10.2 Å². The minimum atomic E-state index is -0.0902. The van der Waals surface area contributed by atoms with E-state index < -0.39 is 0 Å². The van der Waals surface area contributed by atoms with Crippen LogP contribution in [0.25, 0.3) is 0 Å². The van der Waals surface area contributed by atoms with E-state index in [1.54, 1.807) is 0 Å². The topological polar surface area (TPSA) is 40.5 Å². The standard InChI is InChI=1S/C26H32Br2O2/c1-16-12-20(14-22(27)24(16)29)26(21-13-17(2)25(30)23(28)15-21)10-8-19(9-11-26)18-6-4-3-5-7-18/h12-15,18-19,29-30H,3-11H2,1-2H3. The molecule has 2 aliphatic rings. The van der Waals surface area contributed by atoms with Crippen molar-refractivity contribution in [3.8, 4) is 11.5 Å². The predicted molar refractivity (Wildman–Crippen MR) is 130 cm³/mol. The van der Waals surface area contributed by atoms with Crippen LogP contribution >= 0.6 is 31.9 Å². The Morgan fingerprint density at radius 3 is 1.57 bits per heavy atom. The van der Waals surface area contributed by atoms with Crippen molar-refractivity contribution in [2.24, 2.45) is 11.8 Å². The number of benzene rings is 2. The van der Waals surface area contributed by atoms with Crippen LogP contribution in [0, 0.1) is 25.7 Å². The Balaban J connectivity index is 1.75. The lowest BCUT2D eigenvalue weighted by Crippen LogP contribution is -2.35. The summed E-state index contributed by atoms with van der Waals surface area (Å²) in [6, 6.07) is 8.55. The summed E-state index contributed by atoms with van der Waals surface area (Å²) >= 11 is 7.15. The van der Waals surface area contributed by atoms with E-state index >= 15 is 0 Å². The van der Waals surface area contributed by atoms with Gasteiger partial charge < -0.3 is 10.2 Å². The van der Waals surface area contributed by atoms with Crippen LogP contribution in [0.3, 0.4) is 0 Å². The average molecular weight is 536 g/mol. The third kappa shape index (κ3) is 4.07. The van der Waals surface area contributed by atoms with Gasteiger partial charge in [0.25, 0.3) is 0 Å². The smallest absolute Gasteiger partial charge is 0.132 e. The average Bonchev–Trinajstić information content (AvgIpc) is 2.75. The summed E-state index contributed by atoms with van der Waals surface area (Å²) in [6.07, 6.45) is 11.8. The Kier molecular flexibility index (Phi) is 6.56. The number of rotatable bonds is 3. The number of hydrogen-bond acceptors (Lipinski definition) is 2. The van der Waals surface area contributed by atoms with Gasteiger partial charge in [-0.1, -0.05) is 44.2 Å².